The predicted molar refractivity (Wildman–Crippen MR) is 68.0 cm³/mol. The van der Waals surface area contributed by atoms with Crippen molar-refractivity contribution in [2.24, 2.45) is 0 Å². The fourth-order valence-corrected chi connectivity index (χ4v) is 2.42. The normalized spacial score (nSPS) is 10.9. The highest BCUT2D eigenvalue weighted by molar-refractivity contribution is 7.14. The largest absolute Gasteiger partial charge is 0.253 e. The molecule has 0 aliphatic carbocycles. The number of hydrogen-bond donors (Lipinski definition) is 0. The number of halogens is 1. The number of rotatable bonds is 2. The zero-order valence-corrected chi connectivity index (χ0v) is 10.2. The van der Waals surface area contributed by atoms with Crippen LogP contribution in [0, 0.1) is 0 Å². The first-order valence-corrected chi connectivity index (χ1v) is 6.31. The van der Waals surface area contributed by atoms with Crippen molar-refractivity contribution in [3.63, 3.8) is 0 Å². The van der Waals surface area contributed by atoms with Crippen LogP contribution in [-0.4, -0.2) is 20.2 Å². The van der Waals surface area contributed by atoms with E-state index in [0.717, 1.165) is 26.6 Å². The quantitative estimate of drug-likeness (QED) is 0.667. The molecule has 0 atom stereocenters. The molecule has 3 aromatic rings. The van der Waals surface area contributed by atoms with Crippen LogP contribution in [0.5, 0.6) is 0 Å². The molecular formula is C11H7ClN4S. The van der Waals surface area contributed by atoms with Gasteiger partial charge in [0.05, 0.1) is 16.9 Å². The Morgan fingerprint density at radius 2 is 1.88 bits per heavy atom. The summed E-state index contributed by atoms with van der Waals surface area (Å²) in [6, 6.07) is 5.86. The summed E-state index contributed by atoms with van der Waals surface area (Å²) in [7, 11) is 0. The summed E-state index contributed by atoms with van der Waals surface area (Å²) in [5, 5.41) is 9.77. The molecule has 0 bridgehead atoms. The van der Waals surface area contributed by atoms with Gasteiger partial charge in [-0.3, -0.25) is 9.97 Å². The van der Waals surface area contributed by atoms with Gasteiger partial charge in [0, 0.05) is 18.0 Å². The summed E-state index contributed by atoms with van der Waals surface area (Å²) in [5.41, 5.74) is 2.72. The van der Waals surface area contributed by atoms with Crippen LogP contribution in [-0.2, 0) is 5.88 Å². The van der Waals surface area contributed by atoms with Crippen LogP contribution < -0.4 is 0 Å². The lowest BCUT2D eigenvalue weighted by Gasteiger charge is -1.98. The van der Waals surface area contributed by atoms with E-state index in [4.69, 9.17) is 11.6 Å². The van der Waals surface area contributed by atoms with Crippen molar-refractivity contribution >= 4 is 34.0 Å². The Morgan fingerprint density at radius 1 is 1.06 bits per heavy atom. The standard InChI is InChI=1S/C11H7ClN4S/c12-6-10-15-16-11(17-10)7-1-2-8-9(5-7)14-4-3-13-8/h1-5H,6H2. The molecule has 0 amide bonds. The number of aromatic nitrogens is 4. The van der Waals surface area contributed by atoms with Crippen LogP contribution in [0.3, 0.4) is 0 Å². The van der Waals surface area contributed by atoms with Gasteiger partial charge in [-0.15, -0.1) is 21.8 Å². The minimum atomic E-state index is 0.394. The van der Waals surface area contributed by atoms with Gasteiger partial charge in [0.1, 0.15) is 10.0 Å². The molecule has 0 radical (unpaired) electrons. The molecular weight excluding hydrogens is 256 g/mol. The minimum absolute atomic E-state index is 0.394. The molecule has 0 aliphatic rings. The fourth-order valence-electron chi connectivity index (χ4n) is 1.52. The van der Waals surface area contributed by atoms with Crippen LogP contribution in [0.4, 0.5) is 0 Å². The molecule has 17 heavy (non-hydrogen) atoms. The monoisotopic (exact) mass is 262 g/mol. The first-order chi connectivity index (χ1) is 8.36. The molecule has 0 unspecified atom stereocenters. The summed E-state index contributed by atoms with van der Waals surface area (Å²) in [4.78, 5) is 8.48. The van der Waals surface area contributed by atoms with Gasteiger partial charge in [0.2, 0.25) is 0 Å². The molecule has 0 N–H and O–H groups in total. The van der Waals surface area contributed by atoms with Crippen molar-refractivity contribution in [2.75, 3.05) is 0 Å². The Labute approximate surface area is 106 Å². The molecule has 1 aromatic carbocycles. The van der Waals surface area contributed by atoms with E-state index in [0.29, 0.717) is 5.88 Å². The van der Waals surface area contributed by atoms with Crippen LogP contribution in [0.1, 0.15) is 5.01 Å². The molecule has 0 fully saturated rings. The van der Waals surface area contributed by atoms with Crippen molar-refractivity contribution in [1.29, 1.82) is 0 Å². The predicted octanol–water partition coefficient (Wildman–Crippen LogP) is 2.89. The number of nitrogens with zero attached hydrogens (tertiary/aromatic N) is 4. The average molecular weight is 263 g/mol. The van der Waals surface area contributed by atoms with Crippen molar-refractivity contribution in [2.45, 2.75) is 5.88 Å². The topological polar surface area (TPSA) is 51.6 Å². The van der Waals surface area contributed by atoms with Gasteiger partial charge in [-0.25, -0.2) is 0 Å². The molecule has 2 aromatic heterocycles. The highest BCUT2D eigenvalue weighted by Crippen LogP contribution is 2.26. The molecule has 3 rings (SSSR count). The second-order valence-corrected chi connectivity index (χ2v) is 4.72. The van der Waals surface area contributed by atoms with E-state index in [2.05, 4.69) is 20.2 Å². The second-order valence-electron chi connectivity index (χ2n) is 3.39. The third-order valence-corrected chi connectivity index (χ3v) is 3.68. The minimum Gasteiger partial charge on any atom is -0.253 e. The van der Waals surface area contributed by atoms with Crippen molar-refractivity contribution in [3.05, 3.63) is 35.6 Å². The number of hydrogen-bond acceptors (Lipinski definition) is 5. The lowest BCUT2D eigenvalue weighted by Crippen LogP contribution is -1.83. The number of alkyl halides is 1. The van der Waals surface area contributed by atoms with E-state index in [-0.39, 0.29) is 0 Å². The van der Waals surface area contributed by atoms with Crippen molar-refractivity contribution < 1.29 is 0 Å². The van der Waals surface area contributed by atoms with Gasteiger partial charge >= 0.3 is 0 Å². The van der Waals surface area contributed by atoms with E-state index >= 15 is 0 Å². The van der Waals surface area contributed by atoms with E-state index in [9.17, 15) is 0 Å². The van der Waals surface area contributed by atoms with Crippen LogP contribution in [0.2, 0.25) is 0 Å². The third-order valence-electron chi connectivity index (χ3n) is 2.30. The smallest absolute Gasteiger partial charge is 0.147 e. The lowest BCUT2D eigenvalue weighted by atomic mass is 10.2. The van der Waals surface area contributed by atoms with Gasteiger partial charge in [-0.2, -0.15) is 0 Å². The van der Waals surface area contributed by atoms with Gasteiger partial charge in [-0.1, -0.05) is 11.3 Å². The first kappa shape index (κ1) is 10.6. The first-order valence-electron chi connectivity index (χ1n) is 4.96. The molecule has 0 saturated carbocycles. The molecule has 0 saturated heterocycles. The summed E-state index contributed by atoms with van der Waals surface area (Å²) < 4.78 is 0. The van der Waals surface area contributed by atoms with Crippen LogP contribution in [0.15, 0.2) is 30.6 Å². The highest BCUT2D eigenvalue weighted by atomic mass is 35.5. The maximum Gasteiger partial charge on any atom is 0.147 e. The van der Waals surface area contributed by atoms with Crippen LogP contribution in [0.25, 0.3) is 21.6 Å². The Kier molecular flexibility index (Phi) is 2.70. The lowest BCUT2D eigenvalue weighted by molar-refractivity contribution is 1.04. The highest BCUT2D eigenvalue weighted by Gasteiger charge is 2.07. The van der Waals surface area contributed by atoms with E-state index in [1.165, 1.54) is 11.3 Å². The molecule has 0 spiro atoms. The Bertz CT molecular complexity index is 667. The molecule has 4 nitrogen and oxygen atoms in total. The maximum absolute atomic E-state index is 5.71. The number of fused-ring (bicyclic) bond motifs is 1. The van der Waals surface area contributed by atoms with E-state index in [1.807, 2.05) is 18.2 Å². The Morgan fingerprint density at radius 3 is 2.65 bits per heavy atom. The van der Waals surface area contributed by atoms with Gasteiger partial charge in [0.15, 0.2) is 0 Å². The molecule has 0 aliphatic heterocycles. The van der Waals surface area contributed by atoms with Gasteiger partial charge in [-0.05, 0) is 18.2 Å². The average Bonchev–Trinajstić information content (AvgIpc) is 2.87. The van der Waals surface area contributed by atoms with E-state index < -0.39 is 0 Å². The summed E-state index contributed by atoms with van der Waals surface area (Å²) in [6.07, 6.45) is 3.36. The summed E-state index contributed by atoms with van der Waals surface area (Å²) in [6.45, 7) is 0. The third kappa shape index (κ3) is 1.99. The van der Waals surface area contributed by atoms with E-state index in [1.54, 1.807) is 12.4 Å². The fraction of sp³-hybridized carbons (Fsp3) is 0.0909. The van der Waals surface area contributed by atoms with Gasteiger partial charge in [0.25, 0.3) is 0 Å². The van der Waals surface area contributed by atoms with Crippen molar-refractivity contribution in [1.82, 2.24) is 20.2 Å². The summed E-state index contributed by atoms with van der Waals surface area (Å²) in [5.74, 6) is 0.394. The molecule has 84 valence electrons. The van der Waals surface area contributed by atoms with Crippen molar-refractivity contribution in [3.8, 4) is 10.6 Å². The van der Waals surface area contributed by atoms with Gasteiger partial charge < -0.3 is 0 Å². The Balaban J connectivity index is 2.11. The Hall–Kier alpha value is -1.59. The number of benzene rings is 1. The molecule has 2 heterocycles. The van der Waals surface area contributed by atoms with Crippen LogP contribution >= 0.6 is 22.9 Å². The second kappa shape index (κ2) is 4.35. The maximum atomic E-state index is 5.71. The SMILES string of the molecule is ClCc1nnc(-c2ccc3nccnc3c2)s1. The zero-order chi connectivity index (χ0) is 11.7. The zero-order valence-electron chi connectivity index (χ0n) is 8.67. The summed E-state index contributed by atoms with van der Waals surface area (Å²) >= 11 is 7.20. The molecule has 6 heteroatoms.